The summed E-state index contributed by atoms with van der Waals surface area (Å²) in [6.45, 7) is 1.59. The highest BCUT2D eigenvalue weighted by Gasteiger charge is 2.42. The van der Waals surface area contributed by atoms with Crippen molar-refractivity contribution in [1.82, 2.24) is 25.6 Å². The molecule has 3 aromatic rings. The molecular weight excluding hydrogens is 648 g/mol. The van der Waals surface area contributed by atoms with Gasteiger partial charge in [-0.1, -0.05) is 29.3 Å². The van der Waals surface area contributed by atoms with Crippen LogP contribution in [0.2, 0.25) is 10.0 Å². The predicted molar refractivity (Wildman–Crippen MR) is 155 cm³/mol. The summed E-state index contributed by atoms with van der Waals surface area (Å²) in [6, 6.07) is 4.15. The van der Waals surface area contributed by atoms with Gasteiger partial charge in [-0.3, -0.25) is 9.59 Å². The van der Waals surface area contributed by atoms with Crippen molar-refractivity contribution in [2.45, 2.75) is 64.2 Å². The van der Waals surface area contributed by atoms with Gasteiger partial charge >= 0.3 is 6.18 Å². The molecule has 1 aliphatic carbocycles. The lowest BCUT2D eigenvalue weighted by Gasteiger charge is -2.36. The molecular formula is C29H30Cl2F5N5O4. The summed E-state index contributed by atoms with van der Waals surface area (Å²) in [5.41, 5.74) is 0.714. The fraction of sp³-hybridized carbons (Fsp3) is 0.517. The lowest BCUT2D eigenvalue weighted by molar-refractivity contribution is -0.182. The van der Waals surface area contributed by atoms with E-state index in [1.807, 2.05) is 0 Å². The van der Waals surface area contributed by atoms with Gasteiger partial charge in [0.25, 0.3) is 12.3 Å². The zero-order valence-electron chi connectivity index (χ0n) is 24.0. The van der Waals surface area contributed by atoms with Crippen molar-refractivity contribution in [3.8, 4) is 5.88 Å². The smallest absolute Gasteiger partial charge is 0.391 e. The third-order valence-electron chi connectivity index (χ3n) is 8.04. The van der Waals surface area contributed by atoms with Gasteiger partial charge in [0.15, 0.2) is 12.3 Å². The Morgan fingerprint density at radius 2 is 1.87 bits per heavy atom. The fourth-order valence-electron chi connectivity index (χ4n) is 5.34. The minimum atomic E-state index is -4.30. The second kappa shape index (κ2) is 13.2. The third kappa shape index (κ3) is 7.60. The molecule has 1 saturated heterocycles. The van der Waals surface area contributed by atoms with Gasteiger partial charge in [-0.15, -0.1) is 0 Å². The largest absolute Gasteiger partial charge is 0.471 e. The average molecular weight is 678 g/mol. The molecule has 5 rings (SSSR count). The number of ether oxygens (including phenoxy) is 2. The molecule has 2 amide bonds. The van der Waals surface area contributed by atoms with Crippen LogP contribution in [0.1, 0.15) is 59.9 Å². The van der Waals surface area contributed by atoms with Crippen LogP contribution in [0.4, 0.5) is 22.0 Å². The number of nitrogens with zero attached hydrogens (tertiary/aromatic N) is 2. The second-order valence-corrected chi connectivity index (χ2v) is 12.4. The number of benzene rings is 1. The highest BCUT2D eigenvalue weighted by molar-refractivity contribution is 6.36. The molecule has 9 nitrogen and oxygen atoms in total. The van der Waals surface area contributed by atoms with Crippen LogP contribution in [0.15, 0.2) is 18.2 Å². The van der Waals surface area contributed by atoms with Crippen molar-refractivity contribution in [2.24, 2.45) is 11.3 Å². The number of carbonyl (C=O) groups is 2. The van der Waals surface area contributed by atoms with E-state index in [9.17, 15) is 31.5 Å². The Morgan fingerprint density at radius 3 is 2.49 bits per heavy atom. The van der Waals surface area contributed by atoms with Crippen LogP contribution in [0.3, 0.4) is 0 Å². The zero-order chi connectivity index (χ0) is 32.5. The third-order valence-corrected chi connectivity index (χ3v) is 8.87. The topological polar surface area (TPSA) is 118 Å². The van der Waals surface area contributed by atoms with Crippen LogP contribution >= 0.6 is 23.2 Å². The summed E-state index contributed by atoms with van der Waals surface area (Å²) in [5.74, 6) is -2.36. The number of hydrogen-bond acceptors (Lipinski definition) is 6. The summed E-state index contributed by atoms with van der Waals surface area (Å²) in [4.78, 5) is 37.3. The minimum Gasteiger partial charge on any atom is -0.471 e. The molecule has 0 atom stereocenters. The van der Waals surface area contributed by atoms with Crippen molar-refractivity contribution in [1.29, 1.82) is 0 Å². The Balaban J connectivity index is 1.34. The number of fused-ring (bicyclic) bond motifs is 1. The SMILES string of the molecule is CC1(C(=O)NCc2ccc(Cl)c(Cc3nc4nc(OCC(F)F)c(C(=O)NC5CCC(C(F)(F)F)CC5)cc4[nH]3)c2Cl)COC1. The minimum absolute atomic E-state index is 0.0723. The molecule has 0 spiro atoms. The maximum Gasteiger partial charge on any atom is 0.391 e. The van der Waals surface area contributed by atoms with E-state index in [2.05, 4.69) is 25.6 Å². The molecule has 2 aliphatic rings. The van der Waals surface area contributed by atoms with Crippen LogP contribution in [0, 0.1) is 11.3 Å². The monoisotopic (exact) mass is 677 g/mol. The molecule has 1 aliphatic heterocycles. The summed E-state index contributed by atoms with van der Waals surface area (Å²) >= 11 is 13.1. The molecule has 2 fully saturated rings. The lowest BCUT2D eigenvalue weighted by atomic mass is 9.85. The van der Waals surface area contributed by atoms with E-state index >= 15 is 0 Å². The van der Waals surface area contributed by atoms with E-state index in [0.29, 0.717) is 40.2 Å². The number of aromatic nitrogens is 3. The molecule has 0 unspecified atom stereocenters. The number of pyridine rings is 1. The van der Waals surface area contributed by atoms with Crippen LogP contribution in [-0.4, -0.2) is 65.2 Å². The average Bonchev–Trinajstić information content (AvgIpc) is 3.37. The molecule has 0 radical (unpaired) electrons. The molecule has 1 aromatic carbocycles. The Bertz CT molecular complexity index is 1570. The van der Waals surface area contributed by atoms with Crippen LogP contribution in [-0.2, 0) is 22.5 Å². The molecule has 45 heavy (non-hydrogen) atoms. The normalized spacial score (nSPS) is 19.8. The molecule has 16 heteroatoms. The summed E-state index contributed by atoms with van der Waals surface area (Å²) in [6.07, 6.45) is -7.07. The molecule has 0 bridgehead atoms. The van der Waals surface area contributed by atoms with Gasteiger partial charge in [-0.25, -0.2) is 13.8 Å². The first-order chi connectivity index (χ1) is 21.2. The number of hydrogen-bond donors (Lipinski definition) is 3. The Morgan fingerprint density at radius 1 is 1.16 bits per heavy atom. The molecule has 1 saturated carbocycles. The van der Waals surface area contributed by atoms with Crippen LogP contribution in [0.25, 0.3) is 11.2 Å². The lowest BCUT2D eigenvalue weighted by Crippen LogP contribution is -2.51. The molecule has 2 aromatic heterocycles. The van der Waals surface area contributed by atoms with Gasteiger partial charge in [-0.05, 0) is 55.9 Å². The number of carbonyl (C=O) groups excluding carboxylic acids is 2. The number of alkyl halides is 5. The molecule has 3 N–H and O–H groups in total. The fourth-order valence-corrected chi connectivity index (χ4v) is 5.91. The number of H-pyrrole nitrogens is 1. The summed E-state index contributed by atoms with van der Waals surface area (Å²) in [7, 11) is 0. The highest BCUT2D eigenvalue weighted by atomic mass is 35.5. The Labute approximate surface area is 264 Å². The van der Waals surface area contributed by atoms with Gasteiger partial charge in [-0.2, -0.15) is 18.2 Å². The van der Waals surface area contributed by atoms with Crippen molar-refractivity contribution < 1.29 is 41.0 Å². The predicted octanol–water partition coefficient (Wildman–Crippen LogP) is 6.00. The van der Waals surface area contributed by atoms with Gasteiger partial charge < -0.3 is 25.1 Å². The number of aromatic amines is 1. The quantitative estimate of drug-likeness (QED) is 0.227. The van der Waals surface area contributed by atoms with E-state index in [1.54, 1.807) is 19.1 Å². The van der Waals surface area contributed by atoms with Gasteiger partial charge in [0.2, 0.25) is 11.8 Å². The van der Waals surface area contributed by atoms with E-state index in [0.717, 1.165) is 0 Å². The molecule has 244 valence electrons. The standard InChI is InChI=1S/C29H30Cl2F5N5O4/c1-28(12-44-13-28)27(43)37-10-14-2-7-19(30)17(23(14)31)9-22-39-20-8-18(26(41-24(20)40-22)45-11-21(32)33)25(42)38-16-5-3-15(4-6-16)29(34,35)36/h2,7-8,15-16,21H,3-6,9-13H2,1H3,(H,37,43)(H,38,42)(H,39,40,41). The Hall–Kier alpha value is -3.23. The zero-order valence-corrected chi connectivity index (χ0v) is 25.5. The van der Waals surface area contributed by atoms with Gasteiger partial charge in [0.05, 0.1) is 35.1 Å². The van der Waals surface area contributed by atoms with Crippen molar-refractivity contribution in [3.63, 3.8) is 0 Å². The maximum absolute atomic E-state index is 13.2. The number of imidazole rings is 1. The number of halogens is 7. The van der Waals surface area contributed by atoms with Crippen molar-refractivity contribution in [3.05, 3.63) is 50.8 Å². The number of nitrogens with one attached hydrogen (secondary N) is 3. The Kier molecular flexibility index (Phi) is 9.76. The van der Waals surface area contributed by atoms with Gasteiger partial charge in [0.1, 0.15) is 11.4 Å². The van der Waals surface area contributed by atoms with E-state index in [1.165, 1.54) is 6.07 Å². The first-order valence-corrected chi connectivity index (χ1v) is 15.0. The van der Waals surface area contributed by atoms with Crippen LogP contribution < -0.4 is 15.4 Å². The van der Waals surface area contributed by atoms with E-state index in [-0.39, 0.29) is 67.2 Å². The van der Waals surface area contributed by atoms with Crippen molar-refractivity contribution in [2.75, 3.05) is 19.8 Å². The second-order valence-electron chi connectivity index (χ2n) is 11.6. The van der Waals surface area contributed by atoms with Gasteiger partial charge in [0, 0.05) is 24.0 Å². The summed E-state index contributed by atoms with van der Waals surface area (Å²) < 4.78 is 75.4. The first-order valence-electron chi connectivity index (χ1n) is 14.2. The molecule has 3 heterocycles. The summed E-state index contributed by atoms with van der Waals surface area (Å²) in [5, 5.41) is 6.19. The highest BCUT2D eigenvalue weighted by Crippen LogP contribution is 2.38. The van der Waals surface area contributed by atoms with Crippen molar-refractivity contribution >= 4 is 46.2 Å². The number of amides is 2. The first kappa shape index (κ1) is 33.1. The van der Waals surface area contributed by atoms with Crippen LogP contribution in [0.5, 0.6) is 5.88 Å². The van der Waals surface area contributed by atoms with E-state index in [4.69, 9.17) is 32.7 Å². The maximum atomic E-state index is 13.2. The number of rotatable bonds is 10. The van der Waals surface area contributed by atoms with E-state index < -0.39 is 42.5 Å².